The largest absolute Gasteiger partial charge is 0.508 e. The number of rotatable bonds is 10. The molecule has 2 unspecified atom stereocenters. The van der Waals surface area contributed by atoms with Crippen LogP contribution in [0, 0.1) is 0 Å². The second-order valence-corrected chi connectivity index (χ2v) is 6.56. The number of benzene rings is 2. The van der Waals surface area contributed by atoms with Gasteiger partial charge >= 0.3 is 6.16 Å². The predicted octanol–water partition coefficient (Wildman–Crippen LogP) is 6.31. The van der Waals surface area contributed by atoms with Gasteiger partial charge in [-0.15, -0.1) is 0 Å². The summed E-state index contributed by atoms with van der Waals surface area (Å²) in [5.74, 6) is 0.818. The van der Waals surface area contributed by atoms with Gasteiger partial charge in [0, 0.05) is 0 Å². The molecule has 0 aliphatic rings. The van der Waals surface area contributed by atoms with Gasteiger partial charge in [0.2, 0.25) is 0 Å². The monoisotopic (exact) mass is 354 g/mol. The third-order valence-electron chi connectivity index (χ3n) is 4.90. The molecule has 140 valence electrons. The molecule has 0 radical (unpaired) electrons. The van der Waals surface area contributed by atoms with E-state index in [-0.39, 0.29) is 0 Å². The lowest BCUT2D eigenvalue weighted by Crippen LogP contribution is -2.13. The minimum absolute atomic E-state index is 0.391. The lowest BCUT2D eigenvalue weighted by molar-refractivity contribution is 0.0511. The highest BCUT2D eigenvalue weighted by Gasteiger charge is 2.13. The molecule has 3 heteroatoms. The molecule has 0 fully saturated rings. The summed E-state index contributed by atoms with van der Waals surface area (Å²) in [5, 5.41) is 0. The molecular weight excluding hydrogens is 324 g/mol. The zero-order valence-electron chi connectivity index (χ0n) is 15.9. The van der Waals surface area contributed by atoms with E-state index in [2.05, 4.69) is 38.1 Å². The minimum atomic E-state index is -0.559. The quantitative estimate of drug-likeness (QED) is 0.469. The Bertz CT molecular complexity index is 569. The number of hydrogen-bond acceptors (Lipinski definition) is 3. The molecule has 26 heavy (non-hydrogen) atoms. The van der Waals surface area contributed by atoms with E-state index in [9.17, 15) is 4.79 Å². The number of carbonyl (C=O) groups excluding carboxylic acids is 1. The SMILES string of the molecule is CCC(CCOC(=O)OCCC(CC)c1ccccc1)c1ccccc1. The van der Waals surface area contributed by atoms with Crippen LogP contribution >= 0.6 is 0 Å². The molecule has 2 aromatic rings. The first-order chi connectivity index (χ1) is 12.7. The van der Waals surface area contributed by atoms with E-state index in [0.29, 0.717) is 25.0 Å². The van der Waals surface area contributed by atoms with Crippen molar-refractivity contribution in [1.82, 2.24) is 0 Å². The van der Waals surface area contributed by atoms with E-state index >= 15 is 0 Å². The Hall–Kier alpha value is -2.29. The average Bonchev–Trinajstić information content (AvgIpc) is 2.70. The van der Waals surface area contributed by atoms with E-state index < -0.39 is 6.16 Å². The number of hydrogen-bond donors (Lipinski definition) is 0. The van der Waals surface area contributed by atoms with Crippen LogP contribution in [0.15, 0.2) is 60.7 Å². The second-order valence-electron chi connectivity index (χ2n) is 6.56. The van der Waals surface area contributed by atoms with Crippen molar-refractivity contribution in [3.05, 3.63) is 71.8 Å². The Morgan fingerprint density at radius 2 is 1.12 bits per heavy atom. The van der Waals surface area contributed by atoms with Crippen LogP contribution < -0.4 is 0 Å². The van der Waals surface area contributed by atoms with Gasteiger partial charge in [0.05, 0.1) is 13.2 Å². The maximum absolute atomic E-state index is 11.8. The topological polar surface area (TPSA) is 35.5 Å². The first kappa shape index (κ1) is 20.0. The molecule has 0 spiro atoms. The molecule has 0 aliphatic carbocycles. The summed E-state index contributed by atoms with van der Waals surface area (Å²) in [5.41, 5.74) is 2.58. The van der Waals surface area contributed by atoms with Gasteiger partial charge in [0.1, 0.15) is 0 Å². The second kappa shape index (κ2) is 11.3. The van der Waals surface area contributed by atoms with Crippen molar-refractivity contribution < 1.29 is 14.3 Å². The summed E-state index contributed by atoms with van der Waals surface area (Å²) in [4.78, 5) is 11.8. The Balaban J connectivity index is 1.67. The molecule has 3 nitrogen and oxygen atoms in total. The maximum atomic E-state index is 11.8. The van der Waals surface area contributed by atoms with Crippen LogP contribution in [0.25, 0.3) is 0 Å². The summed E-state index contributed by atoms with van der Waals surface area (Å²) in [7, 11) is 0. The van der Waals surface area contributed by atoms with Crippen LogP contribution in [-0.4, -0.2) is 19.4 Å². The first-order valence-corrected chi connectivity index (χ1v) is 9.64. The van der Waals surface area contributed by atoms with Crippen molar-refractivity contribution in [2.24, 2.45) is 0 Å². The fraction of sp³-hybridized carbons (Fsp3) is 0.435. The van der Waals surface area contributed by atoms with Crippen molar-refractivity contribution in [3.8, 4) is 0 Å². The smallest absolute Gasteiger partial charge is 0.434 e. The third-order valence-corrected chi connectivity index (χ3v) is 4.90. The maximum Gasteiger partial charge on any atom is 0.508 e. The van der Waals surface area contributed by atoms with Gasteiger partial charge < -0.3 is 9.47 Å². The van der Waals surface area contributed by atoms with Gasteiger partial charge in [-0.1, -0.05) is 74.5 Å². The predicted molar refractivity (Wildman–Crippen MR) is 105 cm³/mol. The van der Waals surface area contributed by atoms with Crippen molar-refractivity contribution in [1.29, 1.82) is 0 Å². The van der Waals surface area contributed by atoms with E-state index in [1.54, 1.807) is 0 Å². The Labute approximate surface area is 157 Å². The highest BCUT2D eigenvalue weighted by Crippen LogP contribution is 2.24. The summed E-state index contributed by atoms with van der Waals surface area (Å²) < 4.78 is 10.5. The minimum Gasteiger partial charge on any atom is -0.434 e. The fourth-order valence-electron chi connectivity index (χ4n) is 3.27. The van der Waals surface area contributed by atoms with E-state index in [0.717, 1.165) is 25.7 Å². The van der Waals surface area contributed by atoms with E-state index in [1.807, 2.05) is 36.4 Å². The van der Waals surface area contributed by atoms with Crippen LogP contribution in [-0.2, 0) is 9.47 Å². The molecule has 0 heterocycles. The Morgan fingerprint density at radius 3 is 1.46 bits per heavy atom. The van der Waals surface area contributed by atoms with Gasteiger partial charge in [0.25, 0.3) is 0 Å². The van der Waals surface area contributed by atoms with Crippen LogP contribution in [0.1, 0.15) is 62.5 Å². The van der Waals surface area contributed by atoms with Gasteiger partial charge in [-0.25, -0.2) is 4.79 Å². The molecule has 2 atom stereocenters. The molecule has 0 aromatic heterocycles. The molecule has 2 aromatic carbocycles. The van der Waals surface area contributed by atoms with Gasteiger partial charge in [-0.3, -0.25) is 0 Å². The highest BCUT2D eigenvalue weighted by atomic mass is 16.7. The van der Waals surface area contributed by atoms with Crippen LogP contribution in [0.2, 0.25) is 0 Å². The summed E-state index contributed by atoms with van der Waals surface area (Å²) in [6.45, 7) is 5.10. The molecule has 0 saturated heterocycles. The molecule has 0 bridgehead atoms. The third kappa shape index (κ3) is 6.55. The highest BCUT2D eigenvalue weighted by molar-refractivity contribution is 5.59. The van der Waals surface area contributed by atoms with Gasteiger partial charge in [-0.2, -0.15) is 0 Å². The standard InChI is InChI=1S/C23H30O3/c1-3-19(21-11-7-5-8-12-21)15-17-25-23(24)26-18-16-20(4-2)22-13-9-6-10-14-22/h5-14,19-20H,3-4,15-18H2,1-2H3. The zero-order valence-corrected chi connectivity index (χ0v) is 15.9. The average molecular weight is 354 g/mol. The van der Waals surface area contributed by atoms with Crippen molar-refractivity contribution in [2.45, 2.75) is 51.4 Å². The summed E-state index contributed by atoms with van der Waals surface area (Å²) in [6, 6.07) is 20.7. The normalized spacial score (nSPS) is 13.0. The van der Waals surface area contributed by atoms with Gasteiger partial charge in [0.15, 0.2) is 0 Å². The Kier molecular flexibility index (Phi) is 8.74. The molecule has 0 amide bonds. The molecule has 0 aliphatic heterocycles. The lowest BCUT2D eigenvalue weighted by Gasteiger charge is -2.16. The molecule has 0 N–H and O–H groups in total. The van der Waals surface area contributed by atoms with Crippen molar-refractivity contribution in [3.63, 3.8) is 0 Å². The first-order valence-electron chi connectivity index (χ1n) is 9.64. The van der Waals surface area contributed by atoms with E-state index in [4.69, 9.17) is 9.47 Å². The van der Waals surface area contributed by atoms with Crippen LogP contribution in [0.4, 0.5) is 4.79 Å². The lowest BCUT2D eigenvalue weighted by atomic mass is 9.94. The summed E-state index contributed by atoms with van der Waals surface area (Å²) >= 11 is 0. The molecule has 0 saturated carbocycles. The van der Waals surface area contributed by atoms with Crippen LogP contribution in [0.5, 0.6) is 0 Å². The molecular formula is C23H30O3. The summed E-state index contributed by atoms with van der Waals surface area (Å²) in [6.07, 6.45) is 3.12. The van der Waals surface area contributed by atoms with Crippen molar-refractivity contribution in [2.75, 3.05) is 13.2 Å². The fourth-order valence-corrected chi connectivity index (χ4v) is 3.27. The van der Waals surface area contributed by atoms with Crippen LogP contribution in [0.3, 0.4) is 0 Å². The van der Waals surface area contributed by atoms with Gasteiger partial charge in [-0.05, 0) is 48.6 Å². The zero-order chi connectivity index (χ0) is 18.6. The number of carbonyl (C=O) groups is 1. The number of ether oxygens (including phenoxy) is 2. The molecule has 2 rings (SSSR count). The van der Waals surface area contributed by atoms with Crippen molar-refractivity contribution >= 4 is 6.16 Å². The van der Waals surface area contributed by atoms with E-state index in [1.165, 1.54) is 11.1 Å². The Morgan fingerprint density at radius 1 is 0.731 bits per heavy atom.